The molecule has 0 atom stereocenters. The fraction of sp³-hybridized carbons (Fsp3) is 0.143. The SMILES string of the molecule is Cc1ccc(B(O)c2ccc(COCc3ccc(B(O)c4ccc(C)cc4)cc3)cc2)cc1. The van der Waals surface area contributed by atoms with Gasteiger partial charge in [0, 0.05) is 0 Å². The largest absolute Gasteiger partial charge is 0.443 e. The zero-order chi connectivity index (χ0) is 23.2. The highest BCUT2D eigenvalue weighted by Gasteiger charge is 2.17. The molecule has 5 heteroatoms. The van der Waals surface area contributed by atoms with Gasteiger partial charge in [-0.15, -0.1) is 0 Å². The average Bonchev–Trinajstić information content (AvgIpc) is 2.85. The van der Waals surface area contributed by atoms with Crippen LogP contribution >= 0.6 is 0 Å². The van der Waals surface area contributed by atoms with E-state index in [0.29, 0.717) is 13.2 Å². The molecule has 0 radical (unpaired) electrons. The van der Waals surface area contributed by atoms with Crippen molar-refractivity contribution >= 4 is 35.7 Å². The Morgan fingerprint density at radius 3 is 1.06 bits per heavy atom. The van der Waals surface area contributed by atoms with E-state index < -0.39 is 13.8 Å². The molecule has 0 fully saturated rings. The summed E-state index contributed by atoms with van der Waals surface area (Å²) in [5, 5.41) is 21.2. The van der Waals surface area contributed by atoms with Crippen molar-refractivity contribution in [1.29, 1.82) is 0 Å². The van der Waals surface area contributed by atoms with Gasteiger partial charge in [0.2, 0.25) is 0 Å². The molecule has 0 unspecified atom stereocenters. The Labute approximate surface area is 196 Å². The van der Waals surface area contributed by atoms with Gasteiger partial charge in [0.1, 0.15) is 0 Å². The quantitative estimate of drug-likeness (QED) is 0.419. The van der Waals surface area contributed by atoms with Crippen LogP contribution in [0.1, 0.15) is 22.3 Å². The van der Waals surface area contributed by atoms with Gasteiger partial charge in [0.15, 0.2) is 0 Å². The van der Waals surface area contributed by atoms with Gasteiger partial charge in [-0.1, -0.05) is 108 Å². The highest BCUT2D eigenvalue weighted by Crippen LogP contribution is 2.06. The minimum absolute atomic E-state index is 0.495. The molecule has 0 saturated heterocycles. The summed E-state index contributed by atoms with van der Waals surface area (Å²) in [7, 11) is 0. The molecule has 0 aliphatic carbocycles. The molecule has 0 aromatic heterocycles. The van der Waals surface area contributed by atoms with E-state index >= 15 is 0 Å². The maximum absolute atomic E-state index is 10.6. The predicted molar refractivity (Wildman–Crippen MR) is 138 cm³/mol. The van der Waals surface area contributed by atoms with Crippen molar-refractivity contribution in [3.8, 4) is 0 Å². The molecule has 0 aliphatic rings. The number of rotatable bonds is 8. The van der Waals surface area contributed by atoms with Crippen molar-refractivity contribution in [2.45, 2.75) is 27.1 Å². The van der Waals surface area contributed by atoms with Crippen molar-refractivity contribution in [3.63, 3.8) is 0 Å². The summed E-state index contributed by atoms with van der Waals surface area (Å²) < 4.78 is 5.88. The molecule has 0 bridgehead atoms. The van der Waals surface area contributed by atoms with Gasteiger partial charge < -0.3 is 14.8 Å². The molecule has 0 spiro atoms. The first-order valence-electron chi connectivity index (χ1n) is 11.2. The van der Waals surface area contributed by atoms with Gasteiger partial charge in [-0.2, -0.15) is 0 Å². The van der Waals surface area contributed by atoms with E-state index in [0.717, 1.165) is 33.0 Å². The molecule has 3 nitrogen and oxygen atoms in total. The maximum atomic E-state index is 10.6. The van der Waals surface area contributed by atoms with E-state index in [9.17, 15) is 10.0 Å². The van der Waals surface area contributed by atoms with Gasteiger partial charge in [-0.05, 0) is 46.8 Å². The van der Waals surface area contributed by atoms with Crippen LogP contribution < -0.4 is 21.9 Å². The van der Waals surface area contributed by atoms with E-state index in [1.807, 2.05) is 111 Å². The van der Waals surface area contributed by atoms with E-state index in [1.54, 1.807) is 0 Å². The van der Waals surface area contributed by atoms with Crippen LogP contribution in [0.4, 0.5) is 0 Å². The van der Waals surface area contributed by atoms with Crippen molar-refractivity contribution < 1.29 is 14.8 Å². The van der Waals surface area contributed by atoms with Crippen molar-refractivity contribution in [2.75, 3.05) is 0 Å². The second-order valence-electron chi connectivity index (χ2n) is 8.60. The molecule has 164 valence electrons. The van der Waals surface area contributed by atoms with Gasteiger partial charge in [-0.25, -0.2) is 0 Å². The monoisotopic (exact) mass is 434 g/mol. The zero-order valence-electron chi connectivity index (χ0n) is 19.1. The van der Waals surface area contributed by atoms with Crippen LogP contribution in [0.2, 0.25) is 0 Å². The fourth-order valence-corrected chi connectivity index (χ4v) is 3.76. The van der Waals surface area contributed by atoms with E-state index in [2.05, 4.69) is 0 Å². The van der Waals surface area contributed by atoms with Crippen molar-refractivity contribution in [2.24, 2.45) is 0 Å². The second kappa shape index (κ2) is 10.7. The first-order chi connectivity index (χ1) is 16.0. The smallest absolute Gasteiger partial charge is 0.358 e. The zero-order valence-corrected chi connectivity index (χ0v) is 19.1. The summed E-state index contributed by atoms with van der Waals surface area (Å²) in [6.45, 7) is 3.80. The van der Waals surface area contributed by atoms with Crippen LogP contribution in [0.5, 0.6) is 0 Å². The molecule has 4 rings (SSSR count). The molecule has 0 aliphatic heterocycles. The van der Waals surface area contributed by atoms with Crippen LogP contribution in [0.25, 0.3) is 0 Å². The van der Waals surface area contributed by atoms with Gasteiger partial charge in [-0.3, -0.25) is 0 Å². The lowest BCUT2D eigenvalue weighted by Gasteiger charge is -2.10. The Balaban J connectivity index is 1.29. The number of benzene rings is 4. The van der Waals surface area contributed by atoms with Gasteiger partial charge in [0.25, 0.3) is 0 Å². The third kappa shape index (κ3) is 6.02. The van der Waals surface area contributed by atoms with Crippen molar-refractivity contribution in [1.82, 2.24) is 0 Å². The molecular formula is C28H28B2O3. The Morgan fingerprint density at radius 1 is 0.485 bits per heavy atom. The lowest BCUT2D eigenvalue weighted by Crippen LogP contribution is -2.42. The van der Waals surface area contributed by atoms with Gasteiger partial charge in [0.05, 0.1) is 13.2 Å². The Hall–Kier alpha value is -3.11. The minimum atomic E-state index is -0.630. The standard InChI is InChI=1S/C28H28B2O3/c1-21-3-11-25(12-4-21)29(31)27-15-7-23(8-16-27)19-33-20-24-9-17-28(18-10-24)30(32)26-13-5-22(2)6-14-26/h3-18,31-32H,19-20H2,1-2H3. The van der Waals surface area contributed by atoms with Crippen LogP contribution in [-0.4, -0.2) is 23.9 Å². The Bertz CT molecular complexity index is 1060. The van der Waals surface area contributed by atoms with Crippen LogP contribution in [0, 0.1) is 13.8 Å². The summed E-state index contributed by atoms with van der Waals surface area (Å²) in [5.74, 6) is 0. The number of aryl methyl sites for hydroxylation is 2. The van der Waals surface area contributed by atoms with E-state index in [4.69, 9.17) is 4.74 Å². The third-order valence-corrected chi connectivity index (χ3v) is 5.91. The van der Waals surface area contributed by atoms with E-state index in [1.165, 1.54) is 11.1 Å². The topological polar surface area (TPSA) is 49.7 Å². The van der Waals surface area contributed by atoms with Gasteiger partial charge >= 0.3 is 13.8 Å². The van der Waals surface area contributed by atoms with E-state index in [-0.39, 0.29) is 0 Å². The first-order valence-corrected chi connectivity index (χ1v) is 11.2. The third-order valence-electron chi connectivity index (χ3n) is 5.91. The summed E-state index contributed by atoms with van der Waals surface area (Å²) >= 11 is 0. The summed E-state index contributed by atoms with van der Waals surface area (Å²) in [5.41, 5.74) is 7.98. The van der Waals surface area contributed by atoms with Crippen LogP contribution in [-0.2, 0) is 18.0 Å². The molecule has 4 aromatic rings. The molecule has 33 heavy (non-hydrogen) atoms. The summed E-state index contributed by atoms with van der Waals surface area (Å²) in [4.78, 5) is 0. The summed E-state index contributed by atoms with van der Waals surface area (Å²) in [6, 6.07) is 31.7. The Morgan fingerprint density at radius 2 is 0.758 bits per heavy atom. The fourth-order valence-electron chi connectivity index (χ4n) is 3.76. The molecule has 4 aromatic carbocycles. The second-order valence-corrected chi connectivity index (χ2v) is 8.60. The highest BCUT2D eigenvalue weighted by molar-refractivity contribution is 6.79. The Kier molecular flexibility index (Phi) is 7.46. The molecule has 0 saturated carbocycles. The number of hydrogen-bond acceptors (Lipinski definition) is 3. The molecule has 2 N–H and O–H groups in total. The number of ether oxygens (including phenoxy) is 1. The number of hydrogen-bond donors (Lipinski definition) is 2. The molecular weight excluding hydrogens is 406 g/mol. The normalized spacial score (nSPS) is 10.8. The highest BCUT2D eigenvalue weighted by atomic mass is 16.5. The summed E-state index contributed by atoms with van der Waals surface area (Å²) in [6.07, 6.45) is 0. The van der Waals surface area contributed by atoms with Crippen LogP contribution in [0.15, 0.2) is 97.1 Å². The van der Waals surface area contributed by atoms with Crippen molar-refractivity contribution in [3.05, 3.63) is 119 Å². The maximum Gasteiger partial charge on any atom is 0.358 e. The average molecular weight is 434 g/mol. The minimum Gasteiger partial charge on any atom is -0.443 e. The first kappa shape index (κ1) is 23.1. The lowest BCUT2D eigenvalue weighted by molar-refractivity contribution is 0.107. The molecule has 0 heterocycles. The molecule has 0 amide bonds. The van der Waals surface area contributed by atoms with Crippen LogP contribution in [0.3, 0.4) is 0 Å². The lowest BCUT2D eigenvalue weighted by atomic mass is 9.56. The predicted octanol–water partition coefficient (Wildman–Crippen LogP) is 2.22.